The molecule has 4 heteroatoms. The van der Waals surface area contributed by atoms with Gasteiger partial charge in [-0.3, -0.25) is 0 Å². The van der Waals surface area contributed by atoms with Gasteiger partial charge in [-0.25, -0.2) is 0 Å². The molecule has 0 unspecified atom stereocenters. The Hall–Kier alpha value is 1.26. The van der Waals surface area contributed by atoms with Crippen molar-refractivity contribution in [2.24, 2.45) is 0 Å². The van der Waals surface area contributed by atoms with E-state index >= 15 is 0 Å². The Labute approximate surface area is 52.2 Å². The molecule has 0 spiro atoms. The standard InChI is InChI=1S/2O.Rh.Ti/q2*-2;;+4. The zero-order valence-corrected chi connectivity index (χ0v) is 4.85. The van der Waals surface area contributed by atoms with Crippen LogP contribution in [0.5, 0.6) is 0 Å². The van der Waals surface area contributed by atoms with E-state index < -0.39 is 0 Å². The second kappa shape index (κ2) is 28.6. The third kappa shape index (κ3) is 10.5. The van der Waals surface area contributed by atoms with E-state index in [-0.39, 0.29) is 52.1 Å². The molecule has 0 rings (SSSR count). The zero-order chi connectivity index (χ0) is 0. The number of rotatable bonds is 0. The van der Waals surface area contributed by atoms with Gasteiger partial charge in [-0.2, -0.15) is 0 Å². The van der Waals surface area contributed by atoms with Crippen molar-refractivity contribution in [2.75, 3.05) is 0 Å². The normalized spacial score (nSPS) is 0. The van der Waals surface area contributed by atoms with Crippen LogP contribution in [0.15, 0.2) is 0 Å². The molecule has 25 valence electrons. The van der Waals surface area contributed by atoms with Crippen LogP contribution in [0, 0.1) is 0 Å². The Morgan fingerprint density at radius 3 is 0.750 bits per heavy atom. The molecule has 0 saturated heterocycles. The third-order valence-corrected chi connectivity index (χ3v) is 0. The van der Waals surface area contributed by atoms with Crippen LogP contribution in [0.25, 0.3) is 0 Å². The van der Waals surface area contributed by atoms with Crippen LogP contribution >= 0.6 is 0 Å². The molecule has 0 bridgehead atoms. The van der Waals surface area contributed by atoms with E-state index in [0.717, 1.165) is 0 Å². The zero-order valence-electron chi connectivity index (χ0n) is 1.65. The first-order valence-electron chi connectivity index (χ1n) is 0. The molecule has 0 aliphatic rings. The fourth-order valence-corrected chi connectivity index (χ4v) is 0. The van der Waals surface area contributed by atoms with E-state index in [0.29, 0.717) is 0 Å². The summed E-state index contributed by atoms with van der Waals surface area (Å²) in [7, 11) is 0. The van der Waals surface area contributed by atoms with Gasteiger partial charge in [-0.1, -0.05) is 0 Å². The molecule has 0 aromatic carbocycles. The average molecular weight is 183 g/mol. The Kier molecular flexibility index (Phi) is 430. The summed E-state index contributed by atoms with van der Waals surface area (Å²) in [5.74, 6) is 0. The summed E-state index contributed by atoms with van der Waals surface area (Å²) in [4.78, 5) is 0. The molecule has 0 N–H and O–H groups in total. The predicted octanol–water partition coefficient (Wildman–Crippen LogP) is -0.243. The summed E-state index contributed by atoms with van der Waals surface area (Å²) in [5.41, 5.74) is 0. The average Bonchev–Trinajstić information content (AvgIpc) is 0. The van der Waals surface area contributed by atoms with Gasteiger partial charge in [-0.05, 0) is 0 Å². The second-order valence-electron chi connectivity index (χ2n) is 0. The van der Waals surface area contributed by atoms with Crippen molar-refractivity contribution in [3.8, 4) is 0 Å². The van der Waals surface area contributed by atoms with E-state index in [2.05, 4.69) is 0 Å². The van der Waals surface area contributed by atoms with Gasteiger partial charge in [0.2, 0.25) is 0 Å². The summed E-state index contributed by atoms with van der Waals surface area (Å²) < 4.78 is 0. The first-order chi connectivity index (χ1) is 0. The summed E-state index contributed by atoms with van der Waals surface area (Å²) >= 11 is 0. The summed E-state index contributed by atoms with van der Waals surface area (Å²) in [6.07, 6.45) is 0. The minimum atomic E-state index is 0. The molecular formula is O2RhTi. The monoisotopic (exact) mass is 183 g/mol. The third-order valence-electron chi connectivity index (χ3n) is 0. The maximum absolute atomic E-state index is 0. The molecule has 0 heterocycles. The van der Waals surface area contributed by atoms with Crippen molar-refractivity contribution in [1.82, 2.24) is 0 Å². The van der Waals surface area contributed by atoms with Crippen LogP contribution in [-0.2, 0) is 52.1 Å². The molecule has 0 aromatic rings. The molecule has 0 aromatic heterocycles. The molecule has 0 saturated carbocycles. The number of hydrogen-bond acceptors (Lipinski definition) is 0. The Bertz CT molecular complexity index is 6.00. The van der Waals surface area contributed by atoms with Crippen molar-refractivity contribution in [3.63, 3.8) is 0 Å². The minimum Gasteiger partial charge on any atom is -2.00 e. The predicted molar refractivity (Wildman–Crippen MR) is 1.37 cm³/mol. The molecule has 0 atom stereocenters. The van der Waals surface area contributed by atoms with E-state index in [1.165, 1.54) is 0 Å². The van der Waals surface area contributed by atoms with E-state index in [9.17, 15) is 0 Å². The fourth-order valence-electron chi connectivity index (χ4n) is 0. The molecule has 2 nitrogen and oxygen atoms in total. The molecule has 0 fully saturated rings. The van der Waals surface area contributed by atoms with Gasteiger partial charge in [-0.15, -0.1) is 0 Å². The van der Waals surface area contributed by atoms with Gasteiger partial charge in [0.05, 0.1) is 0 Å². The van der Waals surface area contributed by atoms with Crippen LogP contribution in [0.2, 0.25) is 0 Å². The first-order valence-corrected chi connectivity index (χ1v) is 0. The van der Waals surface area contributed by atoms with E-state index in [4.69, 9.17) is 0 Å². The quantitative estimate of drug-likeness (QED) is 0.465. The van der Waals surface area contributed by atoms with Crippen LogP contribution in [0.4, 0.5) is 0 Å². The SMILES string of the molecule is [O-2].[O-2].[Rh].[Ti+4]. The van der Waals surface area contributed by atoms with Gasteiger partial charge in [0.1, 0.15) is 0 Å². The van der Waals surface area contributed by atoms with Crippen molar-refractivity contribution in [3.05, 3.63) is 0 Å². The largest absolute Gasteiger partial charge is 4.00 e. The second-order valence-corrected chi connectivity index (χ2v) is 0. The van der Waals surface area contributed by atoms with Crippen molar-refractivity contribution < 1.29 is 52.1 Å². The van der Waals surface area contributed by atoms with E-state index in [1.54, 1.807) is 0 Å². The van der Waals surface area contributed by atoms with Gasteiger partial charge >= 0.3 is 21.7 Å². The van der Waals surface area contributed by atoms with Gasteiger partial charge in [0.25, 0.3) is 0 Å². The number of hydrogen-bond donors (Lipinski definition) is 0. The van der Waals surface area contributed by atoms with Crippen molar-refractivity contribution in [2.45, 2.75) is 0 Å². The van der Waals surface area contributed by atoms with Gasteiger partial charge in [0.15, 0.2) is 0 Å². The van der Waals surface area contributed by atoms with E-state index in [1.807, 2.05) is 0 Å². The molecule has 4 heavy (non-hydrogen) atoms. The van der Waals surface area contributed by atoms with Crippen LogP contribution in [0.1, 0.15) is 0 Å². The Morgan fingerprint density at radius 2 is 0.750 bits per heavy atom. The topological polar surface area (TPSA) is 57.0 Å². The maximum atomic E-state index is 0. The minimum absolute atomic E-state index is 0. The Morgan fingerprint density at radius 1 is 0.750 bits per heavy atom. The van der Waals surface area contributed by atoms with Crippen molar-refractivity contribution in [1.29, 1.82) is 0 Å². The molecular weight excluding hydrogens is 183 g/mol. The summed E-state index contributed by atoms with van der Waals surface area (Å²) in [5, 5.41) is 0. The molecule has 0 aliphatic heterocycles. The maximum Gasteiger partial charge on any atom is 4.00 e. The molecule has 0 aliphatic carbocycles. The fraction of sp³-hybridized carbons (Fsp3) is 0. The molecule has 1 radical (unpaired) electrons. The summed E-state index contributed by atoms with van der Waals surface area (Å²) in [6.45, 7) is 0. The smallest absolute Gasteiger partial charge is 2.00 e. The summed E-state index contributed by atoms with van der Waals surface area (Å²) in [6, 6.07) is 0. The van der Waals surface area contributed by atoms with Crippen LogP contribution < -0.4 is 0 Å². The van der Waals surface area contributed by atoms with Crippen LogP contribution in [-0.4, -0.2) is 0 Å². The van der Waals surface area contributed by atoms with Gasteiger partial charge in [0, 0.05) is 19.5 Å². The van der Waals surface area contributed by atoms with Gasteiger partial charge < -0.3 is 11.0 Å². The van der Waals surface area contributed by atoms with Crippen LogP contribution in [0.3, 0.4) is 0 Å². The van der Waals surface area contributed by atoms with Crippen molar-refractivity contribution >= 4 is 0 Å². The first kappa shape index (κ1) is 60.3. The molecule has 0 amide bonds. The Balaban J connectivity index is 0.